The lowest BCUT2D eigenvalue weighted by atomic mass is 10.2. The third-order valence-electron chi connectivity index (χ3n) is 3.18. The van der Waals surface area contributed by atoms with Crippen molar-refractivity contribution in [3.63, 3.8) is 0 Å². The topological polar surface area (TPSA) is 96.2 Å². The molecule has 7 heteroatoms. The third-order valence-corrected chi connectivity index (χ3v) is 3.18. The summed E-state index contributed by atoms with van der Waals surface area (Å²) in [6.45, 7) is 0.238. The summed E-state index contributed by atoms with van der Waals surface area (Å²) >= 11 is 0. The Bertz CT molecular complexity index is 789. The molecule has 22 heavy (non-hydrogen) atoms. The first-order chi connectivity index (χ1) is 10.7. The van der Waals surface area contributed by atoms with Gasteiger partial charge < -0.3 is 14.9 Å². The fourth-order valence-electron chi connectivity index (χ4n) is 2.07. The quantitative estimate of drug-likeness (QED) is 0.773. The number of oxazole rings is 1. The molecule has 2 aromatic heterocycles. The number of hydrogen-bond donors (Lipinski definition) is 1. The normalized spacial score (nSPS) is 10.6. The first-order valence-corrected chi connectivity index (χ1v) is 6.58. The van der Waals surface area contributed by atoms with Gasteiger partial charge in [-0.05, 0) is 30.3 Å². The van der Waals surface area contributed by atoms with Crippen molar-refractivity contribution in [3.8, 4) is 17.1 Å². The number of carbonyl (C=O) groups excluding carboxylic acids is 1. The molecule has 3 rings (SSSR count). The van der Waals surface area contributed by atoms with Gasteiger partial charge in [-0.3, -0.25) is 9.48 Å². The van der Waals surface area contributed by atoms with Crippen LogP contribution in [-0.4, -0.2) is 27.8 Å². The molecule has 1 aromatic carbocycles. The van der Waals surface area contributed by atoms with Crippen LogP contribution >= 0.6 is 0 Å². The van der Waals surface area contributed by atoms with Crippen molar-refractivity contribution in [1.82, 2.24) is 14.8 Å². The van der Waals surface area contributed by atoms with Gasteiger partial charge in [0.05, 0.1) is 13.3 Å². The van der Waals surface area contributed by atoms with E-state index in [0.717, 1.165) is 11.3 Å². The minimum Gasteiger partial charge on any atom is -0.497 e. The predicted octanol–water partition coefficient (Wildman–Crippen LogP) is 1.69. The smallest absolute Gasteiger partial charge is 0.266 e. The Morgan fingerprint density at radius 1 is 1.32 bits per heavy atom. The zero-order chi connectivity index (χ0) is 15.5. The Kier molecular flexibility index (Phi) is 3.61. The van der Waals surface area contributed by atoms with Gasteiger partial charge >= 0.3 is 0 Å². The molecule has 0 radical (unpaired) electrons. The van der Waals surface area contributed by atoms with Crippen LogP contribution in [0.5, 0.6) is 5.75 Å². The molecule has 0 atom stereocenters. The molecule has 0 saturated carbocycles. The van der Waals surface area contributed by atoms with Crippen molar-refractivity contribution < 1.29 is 13.9 Å². The molecular weight excluding hydrogens is 284 g/mol. The van der Waals surface area contributed by atoms with Crippen LogP contribution in [0.4, 0.5) is 0 Å². The molecule has 0 bridgehead atoms. The average Bonchev–Trinajstić information content (AvgIpc) is 3.17. The lowest BCUT2D eigenvalue weighted by molar-refractivity contribution is 0.0990. The van der Waals surface area contributed by atoms with Gasteiger partial charge in [0.1, 0.15) is 18.0 Å². The van der Waals surface area contributed by atoms with Crippen LogP contribution in [0.25, 0.3) is 11.3 Å². The third kappa shape index (κ3) is 2.69. The van der Waals surface area contributed by atoms with Crippen LogP contribution in [0.15, 0.2) is 47.1 Å². The van der Waals surface area contributed by atoms with Gasteiger partial charge in [-0.2, -0.15) is 5.10 Å². The Morgan fingerprint density at radius 3 is 2.77 bits per heavy atom. The van der Waals surface area contributed by atoms with Gasteiger partial charge in [0.15, 0.2) is 5.76 Å². The number of carbonyl (C=O) groups is 1. The Balaban J connectivity index is 1.81. The molecule has 0 aliphatic heterocycles. The van der Waals surface area contributed by atoms with E-state index in [4.69, 9.17) is 14.9 Å². The SMILES string of the molecule is COc1ccc(-c2cnc(Cn3nccc3C(N)=O)o2)cc1. The monoisotopic (exact) mass is 298 g/mol. The molecule has 3 aromatic rings. The molecule has 112 valence electrons. The van der Waals surface area contributed by atoms with Gasteiger partial charge in [0, 0.05) is 11.8 Å². The molecular formula is C15H14N4O3. The van der Waals surface area contributed by atoms with Gasteiger partial charge in [-0.25, -0.2) is 4.98 Å². The van der Waals surface area contributed by atoms with Crippen LogP contribution in [0.3, 0.4) is 0 Å². The van der Waals surface area contributed by atoms with Gasteiger partial charge in [-0.15, -0.1) is 0 Å². The zero-order valence-corrected chi connectivity index (χ0v) is 11.9. The Hall–Kier alpha value is -3.09. The van der Waals surface area contributed by atoms with Crippen molar-refractivity contribution >= 4 is 5.91 Å². The van der Waals surface area contributed by atoms with E-state index in [2.05, 4.69) is 10.1 Å². The number of nitrogens with zero attached hydrogens (tertiary/aromatic N) is 3. The fraction of sp³-hybridized carbons (Fsp3) is 0.133. The molecule has 1 amide bonds. The lowest BCUT2D eigenvalue weighted by Crippen LogP contribution is -2.18. The highest BCUT2D eigenvalue weighted by Crippen LogP contribution is 2.23. The molecule has 2 N–H and O–H groups in total. The number of amides is 1. The van der Waals surface area contributed by atoms with Gasteiger partial charge in [0.25, 0.3) is 5.91 Å². The van der Waals surface area contributed by atoms with Crippen molar-refractivity contribution in [3.05, 3.63) is 54.3 Å². The van der Waals surface area contributed by atoms with E-state index >= 15 is 0 Å². The number of nitrogens with two attached hydrogens (primary N) is 1. The maximum Gasteiger partial charge on any atom is 0.266 e. The van der Waals surface area contributed by atoms with E-state index in [1.807, 2.05) is 24.3 Å². The summed E-state index contributed by atoms with van der Waals surface area (Å²) in [7, 11) is 1.61. The van der Waals surface area contributed by atoms with Gasteiger partial charge in [-0.1, -0.05) is 0 Å². The number of benzene rings is 1. The average molecular weight is 298 g/mol. The van der Waals surface area contributed by atoms with Crippen LogP contribution in [0.1, 0.15) is 16.4 Å². The maximum atomic E-state index is 11.3. The molecule has 2 heterocycles. The second kappa shape index (κ2) is 5.72. The first kappa shape index (κ1) is 13.9. The molecule has 7 nitrogen and oxygen atoms in total. The highest BCUT2D eigenvalue weighted by atomic mass is 16.5. The molecule has 0 saturated heterocycles. The number of methoxy groups -OCH3 is 1. The molecule has 0 aliphatic rings. The summed E-state index contributed by atoms with van der Waals surface area (Å²) in [5.41, 5.74) is 6.47. The van der Waals surface area contributed by atoms with Gasteiger partial charge in [0.2, 0.25) is 5.89 Å². The number of aromatic nitrogens is 3. The first-order valence-electron chi connectivity index (χ1n) is 6.58. The van der Waals surface area contributed by atoms with Crippen molar-refractivity contribution in [2.24, 2.45) is 5.73 Å². The molecule has 0 aliphatic carbocycles. The number of ether oxygens (including phenoxy) is 1. The van der Waals surface area contributed by atoms with E-state index in [1.165, 1.54) is 10.9 Å². The number of primary amides is 1. The number of hydrogen-bond acceptors (Lipinski definition) is 5. The molecule has 0 spiro atoms. The Labute approximate surface area is 126 Å². The second-order valence-electron chi connectivity index (χ2n) is 4.59. The highest BCUT2D eigenvalue weighted by molar-refractivity contribution is 5.90. The van der Waals surface area contributed by atoms with E-state index in [-0.39, 0.29) is 6.54 Å². The summed E-state index contributed by atoms with van der Waals surface area (Å²) in [4.78, 5) is 15.5. The Morgan fingerprint density at radius 2 is 2.09 bits per heavy atom. The summed E-state index contributed by atoms with van der Waals surface area (Å²) in [6, 6.07) is 9.00. The maximum absolute atomic E-state index is 11.3. The predicted molar refractivity (Wildman–Crippen MR) is 78.3 cm³/mol. The summed E-state index contributed by atoms with van der Waals surface area (Å²) in [5, 5.41) is 4.04. The van der Waals surface area contributed by atoms with E-state index in [0.29, 0.717) is 17.3 Å². The highest BCUT2D eigenvalue weighted by Gasteiger charge is 2.12. The minimum absolute atomic E-state index is 0.238. The van der Waals surface area contributed by atoms with Crippen LogP contribution in [0, 0.1) is 0 Å². The van der Waals surface area contributed by atoms with E-state index in [9.17, 15) is 4.79 Å². The standard InChI is InChI=1S/C15H14N4O3/c1-21-11-4-2-10(3-5-11)13-8-17-14(22-13)9-19-12(15(16)20)6-7-18-19/h2-8H,9H2,1H3,(H2,16,20). The van der Waals surface area contributed by atoms with Crippen molar-refractivity contribution in [1.29, 1.82) is 0 Å². The summed E-state index contributed by atoms with van der Waals surface area (Å²) < 4.78 is 12.3. The molecule has 0 fully saturated rings. The zero-order valence-electron chi connectivity index (χ0n) is 11.9. The van der Waals surface area contributed by atoms with E-state index < -0.39 is 5.91 Å². The summed E-state index contributed by atoms with van der Waals surface area (Å²) in [5.74, 6) is 1.30. The lowest BCUT2D eigenvalue weighted by Gasteiger charge is -2.02. The van der Waals surface area contributed by atoms with Crippen LogP contribution in [0.2, 0.25) is 0 Å². The second-order valence-corrected chi connectivity index (χ2v) is 4.59. The largest absolute Gasteiger partial charge is 0.497 e. The van der Waals surface area contributed by atoms with Crippen molar-refractivity contribution in [2.45, 2.75) is 6.54 Å². The molecule has 0 unspecified atom stereocenters. The van der Waals surface area contributed by atoms with Crippen molar-refractivity contribution in [2.75, 3.05) is 7.11 Å². The van der Waals surface area contributed by atoms with Crippen LogP contribution in [-0.2, 0) is 6.54 Å². The minimum atomic E-state index is -0.542. The summed E-state index contributed by atoms with van der Waals surface area (Å²) in [6.07, 6.45) is 3.14. The van der Waals surface area contributed by atoms with E-state index in [1.54, 1.807) is 19.4 Å². The van der Waals surface area contributed by atoms with Crippen LogP contribution < -0.4 is 10.5 Å². The number of rotatable bonds is 5. The fourth-order valence-corrected chi connectivity index (χ4v) is 2.07.